The normalized spacial score (nSPS) is 15.6. The number of hydrogen-bond acceptors (Lipinski definition) is 3. The number of amides is 1. The summed E-state index contributed by atoms with van der Waals surface area (Å²) < 4.78 is 24.3. The summed E-state index contributed by atoms with van der Waals surface area (Å²) in [5.41, 5.74) is 0.610. The Morgan fingerprint density at radius 3 is 2.48 bits per heavy atom. The monoisotopic (exact) mass is 343 g/mol. The van der Waals surface area contributed by atoms with E-state index in [4.69, 9.17) is 9.47 Å². The fraction of sp³-hybridized carbons (Fsp3) is 0.350. The molecule has 1 N–H and O–H groups in total. The Labute approximate surface area is 147 Å². The third kappa shape index (κ3) is 3.31. The maximum Gasteiger partial charge on any atom is 0.235 e. The molecule has 3 rings (SSSR count). The number of carbonyl (C=O) groups excluding carboxylic acids is 1. The number of nitrogens with one attached hydrogen (secondary N) is 1. The third-order valence-corrected chi connectivity index (χ3v) is 4.93. The van der Waals surface area contributed by atoms with E-state index in [1.807, 2.05) is 6.07 Å². The van der Waals surface area contributed by atoms with E-state index in [1.54, 1.807) is 38.5 Å². The average Bonchev–Trinajstić information content (AvgIpc) is 3.13. The minimum atomic E-state index is -0.701. The van der Waals surface area contributed by atoms with E-state index in [1.165, 1.54) is 12.1 Å². The van der Waals surface area contributed by atoms with Gasteiger partial charge in [-0.15, -0.1) is 0 Å². The molecule has 0 aromatic heterocycles. The highest BCUT2D eigenvalue weighted by Gasteiger charge is 2.43. The summed E-state index contributed by atoms with van der Waals surface area (Å²) in [6, 6.07) is 11.6. The minimum absolute atomic E-state index is 0.126. The van der Waals surface area contributed by atoms with Gasteiger partial charge in [0.25, 0.3) is 0 Å². The molecule has 1 aliphatic carbocycles. The number of methoxy groups -OCH3 is 2. The molecule has 25 heavy (non-hydrogen) atoms. The summed E-state index contributed by atoms with van der Waals surface area (Å²) in [5, 5.41) is 2.97. The molecule has 0 spiro atoms. The number of carbonyl (C=O) groups is 1. The highest BCUT2D eigenvalue weighted by Crippen LogP contribution is 2.43. The van der Waals surface area contributed by atoms with Gasteiger partial charge in [0.1, 0.15) is 17.3 Å². The molecule has 1 saturated carbocycles. The van der Waals surface area contributed by atoms with Crippen LogP contribution in [0.3, 0.4) is 0 Å². The topological polar surface area (TPSA) is 47.6 Å². The number of rotatable bonds is 5. The molecule has 0 atom stereocenters. The van der Waals surface area contributed by atoms with Crippen LogP contribution in [0.2, 0.25) is 0 Å². The van der Waals surface area contributed by atoms with Crippen molar-refractivity contribution >= 4 is 11.6 Å². The van der Waals surface area contributed by atoms with Crippen molar-refractivity contribution in [2.75, 3.05) is 19.5 Å². The molecule has 1 fully saturated rings. The summed E-state index contributed by atoms with van der Waals surface area (Å²) >= 11 is 0. The van der Waals surface area contributed by atoms with Gasteiger partial charge in [-0.05, 0) is 42.7 Å². The Hall–Kier alpha value is -2.56. The molecule has 1 aliphatic rings. The summed E-state index contributed by atoms with van der Waals surface area (Å²) in [6.07, 6.45) is 3.31. The summed E-state index contributed by atoms with van der Waals surface area (Å²) in [7, 11) is 3.12. The summed E-state index contributed by atoms with van der Waals surface area (Å²) in [6.45, 7) is 0. The molecule has 2 aromatic rings. The summed E-state index contributed by atoms with van der Waals surface area (Å²) in [5.74, 6) is 0.730. The van der Waals surface area contributed by atoms with Gasteiger partial charge in [-0.1, -0.05) is 25.0 Å². The minimum Gasteiger partial charge on any atom is -0.497 e. The molecule has 0 radical (unpaired) electrons. The first-order valence-corrected chi connectivity index (χ1v) is 8.38. The zero-order valence-electron chi connectivity index (χ0n) is 14.5. The van der Waals surface area contributed by atoms with E-state index >= 15 is 0 Å². The highest BCUT2D eigenvalue weighted by molar-refractivity contribution is 6.00. The molecule has 5 heteroatoms. The molecular formula is C20H22FNO3. The van der Waals surface area contributed by atoms with Gasteiger partial charge in [-0.25, -0.2) is 4.39 Å². The van der Waals surface area contributed by atoms with Crippen LogP contribution in [-0.2, 0) is 10.2 Å². The Balaban J connectivity index is 1.92. The van der Waals surface area contributed by atoms with Crippen molar-refractivity contribution in [2.24, 2.45) is 0 Å². The smallest absolute Gasteiger partial charge is 0.235 e. The quantitative estimate of drug-likeness (QED) is 0.881. The van der Waals surface area contributed by atoms with Crippen molar-refractivity contribution in [2.45, 2.75) is 31.1 Å². The van der Waals surface area contributed by atoms with Crippen LogP contribution in [0.1, 0.15) is 31.2 Å². The molecule has 2 aromatic carbocycles. The predicted molar refractivity (Wildman–Crippen MR) is 94.7 cm³/mol. The maximum atomic E-state index is 13.7. The first-order valence-electron chi connectivity index (χ1n) is 8.38. The largest absolute Gasteiger partial charge is 0.497 e. The van der Waals surface area contributed by atoms with Crippen LogP contribution in [0.4, 0.5) is 10.1 Å². The van der Waals surface area contributed by atoms with Crippen LogP contribution >= 0.6 is 0 Å². The lowest BCUT2D eigenvalue weighted by Gasteiger charge is -2.28. The van der Waals surface area contributed by atoms with Crippen molar-refractivity contribution in [3.8, 4) is 11.5 Å². The van der Waals surface area contributed by atoms with Gasteiger partial charge in [0.15, 0.2) is 0 Å². The fourth-order valence-electron chi connectivity index (χ4n) is 3.56. The zero-order valence-corrected chi connectivity index (χ0v) is 14.5. The second kappa shape index (κ2) is 7.13. The number of ether oxygens (including phenoxy) is 2. The van der Waals surface area contributed by atoms with Crippen LogP contribution in [0.5, 0.6) is 11.5 Å². The van der Waals surface area contributed by atoms with Gasteiger partial charge in [0.05, 0.1) is 25.3 Å². The van der Waals surface area contributed by atoms with Gasteiger partial charge >= 0.3 is 0 Å². The van der Waals surface area contributed by atoms with Crippen LogP contribution in [0, 0.1) is 5.82 Å². The molecule has 132 valence electrons. The third-order valence-electron chi connectivity index (χ3n) is 4.93. The molecule has 1 amide bonds. The standard InChI is InChI=1S/C20H22FNO3/c1-24-16-8-9-17(18(13-16)25-2)22-19(23)20(10-3-4-11-20)14-6-5-7-15(21)12-14/h5-9,12-13H,3-4,10-11H2,1-2H3,(H,22,23). The molecule has 0 bridgehead atoms. The number of hydrogen-bond donors (Lipinski definition) is 1. The molecule has 4 nitrogen and oxygen atoms in total. The van der Waals surface area contributed by atoms with Crippen LogP contribution < -0.4 is 14.8 Å². The molecule has 0 saturated heterocycles. The van der Waals surface area contributed by atoms with E-state index in [2.05, 4.69) is 5.32 Å². The van der Waals surface area contributed by atoms with Crippen LogP contribution in [0.25, 0.3) is 0 Å². The van der Waals surface area contributed by atoms with E-state index in [9.17, 15) is 9.18 Å². The maximum absolute atomic E-state index is 13.7. The molecule has 0 aliphatic heterocycles. The summed E-state index contributed by atoms with van der Waals surface area (Å²) in [4.78, 5) is 13.2. The van der Waals surface area contributed by atoms with Crippen LogP contribution in [0.15, 0.2) is 42.5 Å². The van der Waals surface area contributed by atoms with E-state index in [0.717, 1.165) is 18.4 Å². The van der Waals surface area contributed by atoms with Gasteiger partial charge in [0.2, 0.25) is 5.91 Å². The van der Waals surface area contributed by atoms with Crippen molar-refractivity contribution < 1.29 is 18.7 Å². The second-order valence-electron chi connectivity index (χ2n) is 6.32. The Morgan fingerprint density at radius 2 is 1.84 bits per heavy atom. The highest BCUT2D eigenvalue weighted by atomic mass is 19.1. The van der Waals surface area contributed by atoms with Crippen molar-refractivity contribution in [3.05, 3.63) is 53.8 Å². The molecule has 0 unspecified atom stereocenters. The number of halogens is 1. The lowest BCUT2D eigenvalue weighted by atomic mass is 9.78. The molecule has 0 heterocycles. The first kappa shape index (κ1) is 17.3. The lowest BCUT2D eigenvalue weighted by Crippen LogP contribution is -2.38. The van der Waals surface area contributed by atoms with Crippen LogP contribution in [-0.4, -0.2) is 20.1 Å². The number of anilines is 1. The van der Waals surface area contributed by atoms with Crippen molar-refractivity contribution in [1.29, 1.82) is 0 Å². The Morgan fingerprint density at radius 1 is 1.08 bits per heavy atom. The van der Waals surface area contributed by atoms with Gasteiger partial charge < -0.3 is 14.8 Å². The van der Waals surface area contributed by atoms with Gasteiger partial charge in [-0.3, -0.25) is 4.79 Å². The first-order chi connectivity index (χ1) is 12.1. The van der Waals surface area contributed by atoms with Crippen molar-refractivity contribution in [3.63, 3.8) is 0 Å². The van der Waals surface area contributed by atoms with Crippen molar-refractivity contribution in [1.82, 2.24) is 0 Å². The van der Waals surface area contributed by atoms with E-state index < -0.39 is 5.41 Å². The Kier molecular flexibility index (Phi) is 4.93. The lowest BCUT2D eigenvalue weighted by molar-refractivity contribution is -0.121. The molecular weight excluding hydrogens is 321 g/mol. The van der Waals surface area contributed by atoms with Gasteiger partial charge in [-0.2, -0.15) is 0 Å². The predicted octanol–water partition coefficient (Wildman–Crippen LogP) is 4.29. The number of benzene rings is 2. The zero-order chi connectivity index (χ0) is 17.9. The Bertz CT molecular complexity index is 769. The second-order valence-corrected chi connectivity index (χ2v) is 6.32. The van der Waals surface area contributed by atoms with E-state index in [0.29, 0.717) is 30.0 Å². The van der Waals surface area contributed by atoms with E-state index in [-0.39, 0.29) is 11.7 Å². The average molecular weight is 343 g/mol. The fourth-order valence-corrected chi connectivity index (χ4v) is 3.56. The van der Waals surface area contributed by atoms with Gasteiger partial charge in [0, 0.05) is 6.07 Å². The SMILES string of the molecule is COc1ccc(NC(=O)C2(c3cccc(F)c3)CCCC2)c(OC)c1.